The highest BCUT2D eigenvalue weighted by molar-refractivity contribution is 7.99. The maximum Gasteiger partial charge on any atom is 0.125 e. The Kier molecular flexibility index (Phi) is 11.7. The van der Waals surface area contributed by atoms with E-state index in [4.69, 9.17) is 14.3 Å². The normalized spacial score (nSPS) is 11.7. The molecule has 0 amide bonds. The maximum atomic E-state index is 6.07. The first kappa shape index (κ1) is 24.9. The minimum absolute atomic E-state index is 0.593. The van der Waals surface area contributed by atoms with Crippen LogP contribution in [0.5, 0.6) is 11.5 Å². The van der Waals surface area contributed by atoms with E-state index >= 15 is 0 Å². The summed E-state index contributed by atoms with van der Waals surface area (Å²) in [6.45, 7) is 7.46. The summed E-state index contributed by atoms with van der Waals surface area (Å²) in [7, 11) is 1.61. The van der Waals surface area contributed by atoms with Crippen LogP contribution < -0.4 is 9.47 Å². The van der Waals surface area contributed by atoms with Crippen LogP contribution in [-0.2, 0) is 11.3 Å². The van der Waals surface area contributed by atoms with Crippen molar-refractivity contribution in [3.63, 3.8) is 0 Å². The van der Waals surface area contributed by atoms with Crippen LogP contribution in [0.1, 0.15) is 36.5 Å². The molecular formula is C26H35NO3S. The smallest absolute Gasteiger partial charge is 0.125 e. The SMILES string of the molecule is C/C=C/COc1cc(C)c(OCCCCSC/C(Cc2ccccc2)=N/OC)c(C)c1. The Morgan fingerprint density at radius 3 is 2.45 bits per heavy atom. The summed E-state index contributed by atoms with van der Waals surface area (Å²) in [5.41, 5.74) is 4.56. The van der Waals surface area contributed by atoms with Crippen LogP contribution in [0.2, 0.25) is 0 Å². The first-order valence-corrected chi connectivity index (χ1v) is 12.0. The van der Waals surface area contributed by atoms with Crippen molar-refractivity contribution in [1.29, 1.82) is 0 Å². The minimum atomic E-state index is 0.593. The Labute approximate surface area is 191 Å². The largest absolute Gasteiger partial charge is 0.493 e. The van der Waals surface area contributed by atoms with Crippen molar-refractivity contribution in [2.24, 2.45) is 5.16 Å². The van der Waals surface area contributed by atoms with Gasteiger partial charge in [-0.05, 0) is 68.2 Å². The lowest BCUT2D eigenvalue weighted by Gasteiger charge is -2.14. The van der Waals surface area contributed by atoms with Gasteiger partial charge in [0.25, 0.3) is 0 Å². The predicted octanol–water partition coefficient (Wildman–Crippen LogP) is 6.40. The molecule has 0 aromatic heterocycles. The zero-order chi connectivity index (χ0) is 22.3. The summed E-state index contributed by atoms with van der Waals surface area (Å²) in [6, 6.07) is 14.5. The fourth-order valence-electron chi connectivity index (χ4n) is 3.20. The first-order chi connectivity index (χ1) is 15.1. The lowest BCUT2D eigenvalue weighted by atomic mass is 10.1. The Morgan fingerprint density at radius 1 is 1.03 bits per heavy atom. The summed E-state index contributed by atoms with van der Waals surface area (Å²) in [4.78, 5) is 5.02. The summed E-state index contributed by atoms with van der Waals surface area (Å²) in [5.74, 6) is 3.83. The molecule has 0 aliphatic heterocycles. The summed E-state index contributed by atoms with van der Waals surface area (Å²) < 4.78 is 11.8. The van der Waals surface area contributed by atoms with Gasteiger partial charge in [-0.15, -0.1) is 0 Å². The Balaban J connectivity index is 1.68. The summed E-state index contributed by atoms with van der Waals surface area (Å²) >= 11 is 1.90. The molecule has 0 N–H and O–H groups in total. The van der Waals surface area contributed by atoms with E-state index in [0.717, 1.165) is 65.7 Å². The van der Waals surface area contributed by atoms with Crippen LogP contribution in [0, 0.1) is 13.8 Å². The minimum Gasteiger partial charge on any atom is -0.493 e. The molecule has 0 saturated carbocycles. The van der Waals surface area contributed by atoms with Crippen LogP contribution in [0.3, 0.4) is 0 Å². The van der Waals surface area contributed by atoms with Gasteiger partial charge >= 0.3 is 0 Å². The van der Waals surface area contributed by atoms with E-state index in [9.17, 15) is 0 Å². The number of allylic oxidation sites excluding steroid dienone is 1. The van der Waals surface area contributed by atoms with Gasteiger partial charge in [0, 0.05) is 12.2 Å². The predicted molar refractivity (Wildman–Crippen MR) is 133 cm³/mol. The molecule has 0 atom stereocenters. The third-order valence-corrected chi connectivity index (χ3v) is 5.80. The molecule has 4 nitrogen and oxygen atoms in total. The molecule has 0 fully saturated rings. The van der Waals surface area contributed by atoms with Crippen molar-refractivity contribution in [1.82, 2.24) is 0 Å². The van der Waals surface area contributed by atoms with Gasteiger partial charge in [-0.3, -0.25) is 0 Å². The van der Waals surface area contributed by atoms with Crippen molar-refractivity contribution >= 4 is 17.5 Å². The average Bonchev–Trinajstić information content (AvgIpc) is 2.75. The van der Waals surface area contributed by atoms with Gasteiger partial charge in [-0.25, -0.2) is 0 Å². The van der Waals surface area contributed by atoms with Gasteiger partial charge in [-0.1, -0.05) is 47.6 Å². The molecule has 31 heavy (non-hydrogen) atoms. The zero-order valence-electron chi connectivity index (χ0n) is 19.2. The van der Waals surface area contributed by atoms with E-state index in [2.05, 4.69) is 43.3 Å². The van der Waals surface area contributed by atoms with Gasteiger partial charge in [0.15, 0.2) is 0 Å². The molecule has 0 heterocycles. The Morgan fingerprint density at radius 2 is 1.77 bits per heavy atom. The van der Waals surface area contributed by atoms with Crippen LogP contribution in [-0.4, -0.2) is 37.5 Å². The number of unbranched alkanes of at least 4 members (excludes halogenated alkanes) is 1. The highest BCUT2D eigenvalue weighted by atomic mass is 32.2. The number of nitrogens with zero attached hydrogens (tertiary/aromatic N) is 1. The second kappa shape index (κ2) is 14.6. The van der Waals surface area contributed by atoms with Crippen LogP contribution in [0.4, 0.5) is 0 Å². The number of aryl methyl sites for hydroxylation is 2. The van der Waals surface area contributed by atoms with Crippen LogP contribution in [0.25, 0.3) is 0 Å². The lowest BCUT2D eigenvalue weighted by Crippen LogP contribution is -2.08. The molecule has 0 saturated heterocycles. The number of benzene rings is 2. The average molecular weight is 442 g/mol. The molecule has 168 valence electrons. The van der Waals surface area contributed by atoms with Crippen LogP contribution >= 0.6 is 11.8 Å². The van der Waals surface area contributed by atoms with E-state index in [1.807, 2.05) is 49.0 Å². The number of oxime groups is 1. The number of hydrogen-bond donors (Lipinski definition) is 0. The molecule has 0 spiro atoms. The fourth-order valence-corrected chi connectivity index (χ4v) is 4.15. The Bertz CT molecular complexity index is 811. The number of rotatable bonds is 14. The molecule has 2 aromatic carbocycles. The van der Waals surface area contributed by atoms with Crippen molar-refractivity contribution in [3.05, 3.63) is 71.3 Å². The third kappa shape index (κ3) is 9.52. The molecule has 0 bridgehead atoms. The molecule has 2 rings (SSSR count). The standard InChI is InChI=1S/C26H35NO3S/c1-5-6-14-29-25-17-21(2)26(22(3)18-25)30-15-10-11-16-31-20-24(27-28-4)19-23-12-8-7-9-13-23/h5-9,12-13,17-18H,10-11,14-16,19-20H2,1-4H3/b6-5+,27-24+. The van der Waals surface area contributed by atoms with Crippen molar-refractivity contribution in [2.45, 2.75) is 40.0 Å². The fraction of sp³-hybridized carbons (Fsp3) is 0.423. The van der Waals surface area contributed by atoms with E-state index in [-0.39, 0.29) is 0 Å². The molecule has 5 heteroatoms. The molecule has 0 radical (unpaired) electrons. The molecule has 2 aromatic rings. The van der Waals surface area contributed by atoms with Gasteiger partial charge in [0.2, 0.25) is 0 Å². The molecule has 0 unspecified atom stereocenters. The highest BCUT2D eigenvalue weighted by Gasteiger charge is 2.08. The Hall–Kier alpha value is -2.40. The van der Waals surface area contributed by atoms with E-state index < -0.39 is 0 Å². The van der Waals surface area contributed by atoms with E-state index in [1.54, 1.807) is 7.11 Å². The third-order valence-electron chi connectivity index (χ3n) is 4.69. The first-order valence-electron chi connectivity index (χ1n) is 10.8. The number of hydrogen-bond acceptors (Lipinski definition) is 5. The number of thioether (sulfide) groups is 1. The second-order valence-electron chi connectivity index (χ2n) is 7.38. The number of ether oxygens (including phenoxy) is 2. The molecule has 0 aliphatic rings. The quantitative estimate of drug-likeness (QED) is 0.147. The highest BCUT2D eigenvalue weighted by Crippen LogP contribution is 2.28. The zero-order valence-corrected chi connectivity index (χ0v) is 20.0. The van der Waals surface area contributed by atoms with E-state index in [1.165, 1.54) is 5.56 Å². The molecular weight excluding hydrogens is 406 g/mol. The van der Waals surface area contributed by atoms with Crippen molar-refractivity contribution in [2.75, 3.05) is 31.8 Å². The van der Waals surface area contributed by atoms with Gasteiger partial charge in [0.1, 0.15) is 25.2 Å². The van der Waals surface area contributed by atoms with Crippen molar-refractivity contribution in [3.8, 4) is 11.5 Å². The summed E-state index contributed by atoms with van der Waals surface area (Å²) in [6.07, 6.45) is 6.96. The van der Waals surface area contributed by atoms with Gasteiger partial charge < -0.3 is 14.3 Å². The maximum absolute atomic E-state index is 6.07. The molecule has 0 aliphatic carbocycles. The van der Waals surface area contributed by atoms with Crippen molar-refractivity contribution < 1.29 is 14.3 Å². The van der Waals surface area contributed by atoms with Gasteiger partial charge in [-0.2, -0.15) is 11.8 Å². The topological polar surface area (TPSA) is 40.0 Å². The lowest BCUT2D eigenvalue weighted by molar-refractivity contribution is 0.212. The van der Waals surface area contributed by atoms with Crippen LogP contribution in [0.15, 0.2) is 59.8 Å². The second-order valence-corrected chi connectivity index (χ2v) is 8.48. The van der Waals surface area contributed by atoms with E-state index in [0.29, 0.717) is 6.61 Å². The van der Waals surface area contributed by atoms with Gasteiger partial charge in [0.05, 0.1) is 12.3 Å². The monoisotopic (exact) mass is 441 g/mol. The summed E-state index contributed by atoms with van der Waals surface area (Å²) in [5, 5.41) is 4.20.